The number of nitrogens with one attached hydrogen (secondary N) is 1. The number of nitrogens with zero attached hydrogens (tertiary/aromatic N) is 4. The van der Waals surface area contributed by atoms with E-state index >= 15 is 0 Å². The molecule has 9 heteroatoms. The minimum absolute atomic E-state index is 0.169. The Morgan fingerprint density at radius 2 is 2.12 bits per heavy atom. The molecule has 0 saturated heterocycles. The molecule has 0 aliphatic carbocycles. The van der Waals surface area contributed by atoms with Crippen molar-refractivity contribution < 1.29 is 4.79 Å². The van der Waals surface area contributed by atoms with Crippen molar-refractivity contribution in [3.8, 4) is 5.69 Å². The lowest BCUT2D eigenvalue weighted by molar-refractivity contribution is -0.113. The second-order valence-corrected chi connectivity index (χ2v) is 6.90. The molecule has 0 spiro atoms. The molecule has 3 aromatic rings. The minimum atomic E-state index is -0.198. The molecule has 0 radical (unpaired) electrons. The molecule has 0 saturated carbocycles. The first-order valence-corrected chi connectivity index (χ1v) is 8.98. The van der Waals surface area contributed by atoms with Gasteiger partial charge in [0.1, 0.15) is 12.1 Å². The average Bonchev–Trinajstić information content (AvgIpc) is 3.06. The fourth-order valence-corrected chi connectivity index (χ4v) is 3.01. The molecule has 0 fully saturated rings. The Morgan fingerprint density at radius 3 is 2.84 bits per heavy atom. The third kappa shape index (κ3) is 4.50. The zero-order valence-electron chi connectivity index (χ0n) is 13.1. The van der Waals surface area contributed by atoms with Crippen LogP contribution < -0.4 is 5.32 Å². The van der Waals surface area contributed by atoms with Gasteiger partial charge in [-0.2, -0.15) is 0 Å². The van der Waals surface area contributed by atoms with Crippen LogP contribution in [0.25, 0.3) is 5.69 Å². The van der Waals surface area contributed by atoms with Gasteiger partial charge in [0.15, 0.2) is 5.16 Å². The lowest BCUT2D eigenvalue weighted by Gasteiger charge is -2.08. The Bertz CT molecular complexity index is 898. The van der Waals surface area contributed by atoms with E-state index in [4.69, 9.17) is 23.2 Å². The zero-order valence-corrected chi connectivity index (χ0v) is 15.4. The Hall–Kier alpha value is -2.09. The average molecular weight is 394 g/mol. The quantitative estimate of drug-likeness (QED) is 0.662. The number of rotatable bonds is 5. The summed E-state index contributed by atoms with van der Waals surface area (Å²) >= 11 is 13.2. The summed E-state index contributed by atoms with van der Waals surface area (Å²) in [4.78, 5) is 16.1. The Morgan fingerprint density at radius 1 is 1.28 bits per heavy atom. The number of anilines is 1. The van der Waals surface area contributed by atoms with Crippen molar-refractivity contribution in [1.29, 1.82) is 0 Å². The van der Waals surface area contributed by atoms with Gasteiger partial charge in [-0.25, -0.2) is 4.98 Å². The van der Waals surface area contributed by atoms with E-state index in [1.54, 1.807) is 23.0 Å². The Balaban J connectivity index is 1.66. The summed E-state index contributed by atoms with van der Waals surface area (Å²) in [6, 6.07) is 8.98. The van der Waals surface area contributed by atoms with Crippen LogP contribution in [-0.2, 0) is 4.79 Å². The standard InChI is InChI=1S/C16H13Cl2N5OS/c1-10-2-4-12(6-13(10)18)23-9-20-22-16(23)25-8-15(24)21-14-5-3-11(17)7-19-14/h2-7,9H,8H2,1H3,(H,19,21,24). The molecule has 25 heavy (non-hydrogen) atoms. The van der Waals surface area contributed by atoms with E-state index in [0.717, 1.165) is 11.3 Å². The highest BCUT2D eigenvalue weighted by molar-refractivity contribution is 7.99. The first-order valence-electron chi connectivity index (χ1n) is 7.23. The van der Waals surface area contributed by atoms with Crippen molar-refractivity contribution in [3.05, 3.63) is 58.5 Å². The zero-order chi connectivity index (χ0) is 17.8. The number of benzene rings is 1. The number of amides is 1. The van der Waals surface area contributed by atoms with E-state index in [2.05, 4.69) is 20.5 Å². The van der Waals surface area contributed by atoms with Crippen LogP contribution in [0.1, 0.15) is 5.56 Å². The van der Waals surface area contributed by atoms with Gasteiger partial charge in [-0.3, -0.25) is 9.36 Å². The molecule has 1 aromatic carbocycles. The van der Waals surface area contributed by atoms with Crippen LogP contribution in [0.5, 0.6) is 0 Å². The van der Waals surface area contributed by atoms with Crippen LogP contribution in [0.15, 0.2) is 48.0 Å². The predicted octanol–water partition coefficient (Wildman–Crippen LogP) is 4.01. The van der Waals surface area contributed by atoms with Crippen molar-refractivity contribution >= 4 is 46.7 Å². The van der Waals surface area contributed by atoms with Crippen molar-refractivity contribution in [2.24, 2.45) is 0 Å². The van der Waals surface area contributed by atoms with Crippen LogP contribution in [0.3, 0.4) is 0 Å². The van der Waals surface area contributed by atoms with Gasteiger partial charge in [0, 0.05) is 11.2 Å². The highest BCUT2D eigenvalue weighted by Gasteiger charge is 2.11. The molecule has 0 unspecified atom stereocenters. The normalized spacial score (nSPS) is 10.7. The predicted molar refractivity (Wildman–Crippen MR) is 99.7 cm³/mol. The van der Waals surface area contributed by atoms with Gasteiger partial charge < -0.3 is 5.32 Å². The molecule has 2 aromatic heterocycles. The van der Waals surface area contributed by atoms with Crippen LogP contribution >= 0.6 is 35.0 Å². The van der Waals surface area contributed by atoms with E-state index in [1.807, 2.05) is 25.1 Å². The Kier molecular flexibility index (Phi) is 5.57. The summed E-state index contributed by atoms with van der Waals surface area (Å²) in [6.45, 7) is 1.93. The SMILES string of the molecule is Cc1ccc(-n2cnnc2SCC(=O)Nc2ccc(Cl)cn2)cc1Cl. The maximum atomic E-state index is 12.1. The van der Waals surface area contributed by atoms with Gasteiger partial charge >= 0.3 is 0 Å². The van der Waals surface area contributed by atoms with Crippen molar-refractivity contribution in [3.63, 3.8) is 0 Å². The van der Waals surface area contributed by atoms with Gasteiger partial charge in [0.2, 0.25) is 5.91 Å². The van der Waals surface area contributed by atoms with E-state index in [0.29, 0.717) is 21.0 Å². The maximum Gasteiger partial charge on any atom is 0.236 e. The summed E-state index contributed by atoms with van der Waals surface area (Å²) in [5.41, 5.74) is 1.82. The molecule has 0 bridgehead atoms. The number of aromatic nitrogens is 4. The van der Waals surface area contributed by atoms with Gasteiger partial charge in [-0.1, -0.05) is 41.0 Å². The van der Waals surface area contributed by atoms with E-state index in [1.165, 1.54) is 18.0 Å². The third-order valence-electron chi connectivity index (χ3n) is 3.28. The highest BCUT2D eigenvalue weighted by atomic mass is 35.5. The highest BCUT2D eigenvalue weighted by Crippen LogP contribution is 2.23. The first-order chi connectivity index (χ1) is 12.0. The van der Waals surface area contributed by atoms with E-state index < -0.39 is 0 Å². The number of pyridine rings is 1. The first kappa shape index (κ1) is 17.7. The molecule has 2 heterocycles. The smallest absolute Gasteiger partial charge is 0.236 e. The number of halogens is 2. The summed E-state index contributed by atoms with van der Waals surface area (Å²) in [5.74, 6) is 0.417. The fraction of sp³-hybridized carbons (Fsp3) is 0.125. The van der Waals surface area contributed by atoms with E-state index in [-0.39, 0.29) is 11.7 Å². The number of thioether (sulfide) groups is 1. The largest absolute Gasteiger partial charge is 0.310 e. The van der Waals surface area contributed by atoms with Crippen LogP contribution in [-0.4, -0.2) is 31.4 Å². The maximum absolute atomic E-state index is 12.1. The fourth-order valence-electron chi connectivity index (χ4n) is 1.99. The van der Waals surface area contributed by atoms with Gasteiger partial charge in [0.25, 0.3) is 0 Å². The molecule has 3 rings (SSSR count). The molecule has 1 amide bonds. The molecular formula is C16H13Cl2N5OS. The molecular weight excluding hydrogens is 381 g/mol. The van der Waals surface area contributed by atoms with Crippen molar-refractivity contribution in [2.75, 3.05) is 11.1 Å². The Labute approximate surface area is 158 Å². The van der Waals surface area contributed by atoms with Crippen molar-refractivity contribution in [1.82, 2.24) is 19.7 Å². The lowest BCUT2D eigenvalue weighted by atomic mass is 10.2. The number of hydrogen-bond acceptors (Lipinski definition) is 5. The summed E-state index contributed by atoms with van der Waals surface area (Å²) in [7, 11) is 0. The molecule has 128 valence electrons. The second kappa shape index (κ2) is 7.86. The molecule has 0 aliphatic heterocycles. The monoisotopic (exact) mass is 393 g/mol. The summed E-state index contributed by atoms with van der Waals surface area (Å²) in [5, 5.41) is 12.4. The van der Waals surface area contributed by atoms with Crippen molar-refractivity contribution in [2.45, 2.75) is 12.1 Å². The number of aryl methyl sites for hydroxylation is 1. The third-order valence-corrected chi connectivity index (χ3v) is 4.85. The van der Waals surface area contributed by atoms with Crippen LogP contribution in [0.2, 0.25) is 10.0 Å². The lowest BCUT2D eigenvalue weighted by Crippen LogP contribution is -2.15. The number of carbonyl (C=O) groups excluding carboxylic acids is 1. The summed E-state index contributed by atoms with van der Waals surface area (Å²) in [6.07, 6.45) is 3.06. The summed E-state index contributed by atoms with van der Waals surface area (Å²) < 4.78 is 1.78. The topological polar surface area (TPSA) is 72.7 Å². The molecule has 0 aliphatic rings. The minimum Gasteiger partial charge on any atom is -0.310 e. The van der Waals surface area contributed by atoms with E-state index in [9.17, 15) is 4.79 Å². The number of carbonyl (C=O) groups is 1. The second-order valence-electron chi connectivity index (χ2n) is 5.12. The van der Waals surface area contributed by atoms with Gasteiger partial charge in [0.05, 0.1) is 16.5 Å². The van der Waals surface area contributed by atoms with Gasteiger partial charge in [-0.15, -0.1) is 10.2 Å². The molecule has 0 atom stereocenters. The molecule has 6 nitrogen and oxygen atoms in total. The van der Waals surface area contributed by atoms with Crippen LogP contribution in [0, 0.1) is 6.92 Å². The van der Waals surface area contributed by atoms with Gasteiger partial charge in [-0.05, 0) is 36.8 Å². The number of hydrogen-bond donors (Lipinski definition) is 1. The van der Waals surface area contributed by atoms with Crippen LogP contribution in [0.4, 0.5) is 5.82 Å². The molecule has 1 N–H and O–H groups in total.